The van der Waals surface area contributed by atoms with Crippen LogP contribution in [0.4, 0.5) is 20.6 Å². The lowest BCUT2D eigenvalue weighted by Gasteiger charge is -2.38. The van der Waals surface area contributed by atoms with Crippen molar-refractivity contribution in [2.75, 3.05) is 29.9 Å². The maximum Gasteiger partial charge on any atom is 0.322 e. The molecule has 2 heterocycles. The summed E-state index contributed by atoms with van der Waals surface area (Å²) in [5, 5.41) is 2.82. The summed E-state index contributed by atoms with van der Waals surface area (Å²) in [6.45, 7) is 1.54. The van der Waals surface area contributed by atoms with Gasteiger partial charge in [-0.05, 0) is 42.8 Å². The van der Waals surface area contributed by atoms with E-state index in [9.17, 15) is 14.0 Å². The molecule has 2 aromatic carbocycles. The van der Waals surface area contributed by atoms with Gasteiger partial charge in [-0.15, -0.1) is 0 Å². The topological polar surface area (TPSA) is 61.9 Å². The van der Waals surface area contributed by atoms with Gasteiger partial charge in [0.25, 0.3) is 0 Å². The van der Waals surface area contributed by atoms with Crippen LogP contribution in [-0.2, 0) is 4.79 Å². The second kappa shape index (κ2) is 7.26. The Hall–Kier alpha value is -3.09. The minimum absolute atomic E-state index is 0.133. The highest BCUT2D eigenvalue weighted by atomic mass is 19.1. The van der Waals surface area contributed by atoms with Crippen LogP contribution in [0.5, 0.6) is 5.75 Å². The third-order valence-corrected chi connectivity index (χ3v) is 4.77. The van der Waals surface area contributed by atoms with E-state index in [1.54, 1.807) is 40.1 Å². The van der Waals surface area contributed by atoms with Gasteiger partial charge in [0.05, 0.1) is 13.1 Å². The molecule has 27 heavy (non-hydrogen) atoms. The minimum Gasteiger partial charge on any atom is -0.484 e. The first-order valence-electron chi connectivity index (χ1n) is 8.98. The Morgan fingerprint density at radius 3 is 2.52 bits per heavy atom. The van der Waals surface area contributed by atoms with Crippen molar-refractivity contribution in [3.8, 4) is 5.75 Å². The van der Waals surface area contributed by atoms with Gasteiger partial charge in [0, 0.05) is 24.3 Å². The van der Waals surface area contributed by atoms with E-state index in [1.165, 1.54) is 6.07 Å². The lowest BCUT2D eigenvalue weighted by Crippen LogP contribution is -2.57. The van der Waals surface area contributed by atoms with E-state index in [0.29, 0.717) is 25.2 Å². The Labute approximate surface area is 156 Å². The molecule has 0 bridgehead atoms. The summed E-state index contributed by atoms with van der Waals surface area (Å²) in [4.78, 5) is 27.4. The first-order valence-corrected chi connectivity index (χ1v) is 8.98. The summed E-state index contributed by atoms with van der Waals surface area (Å²) in [5.41, 5.74) is 1.51. The number of rotatable bonds is 4. The van der Waals surface area contributed by atoms with Crippen LogP contribution >= 0.6 is 0 Å². The lowest BCUT2D eigenvalue weighted by atomic mass is 10.2. The van der Waals surface area contributed by atoms with Crippen LogP contribution in [0.15, 0.2) is 48.5 Å². The molecule has 1 N–H and O–H groups in total. The molecule has 4 rings (SSSR count). The molecule has 2 saturated heterocycles. The number of amides is 3. The number of nitrogens with one attached hydrogen (secondary N) is 1. The second-order valence-corrected chi connectivity index (χ2v) is 6.70. The van der Waals surface area contributed by atoms with E-state index in [0.717, 1.165) is 18.7 Å². The molecule has 0 spiro atoms. The molecule has 2 aliphatic rings. The molecule has 2 fully saturated rings. The predicted octanol–water partition coefficient (Wildman–Crippen LogP) is 3.25. The summed E-state index contributed by atoms with van der Waals surface area (Å²) in [6, 6.07) is 13.2. The van der Waals surface area contributed by atoms with Gasteiger partial charge in [-0.2, -0.15) is 0 Å². The summed E-state index contributed by atoms with van der Waals surface area (Å²) in [6.07, 6.45) is 1.25. The van der Waals surface area contributed by atoms with Crippen molar-refractivity contribution in [2.45, 2.75) is 18.9 Å². The third kappa shape index (κ3) is 3.72. The Balaban J connectivity index is 1.28. The summed E-state index contributed by atoms with van der Waals surface area (Å²) < 4.78 is 19.1. The maximum atomic E-state index is 13.6. The maximum absolute atomic E-state index is 13.6. The normalized spacial score (nSPS) is 17.0. The molecule has 0 aromatic heterocycles. The van der Waals surface area contributed by atoms with Crippen LogP contribution in [0.25, 0.3) is 0 Å². The zero-order chi connectivity index (χ0) is 18.8. The number of ether oxygens (including phenoxy) is 1. The number of hydrogen-bond donors (Lipinski definition) is 1. The monoisotopic (exact) mass is 369 g/mol. The fourth-order valence-electron chi connectivity index (χ4n) is 3.25. The van der Waals surface area contributed by atoms with Crippen molar-refractivity contribution in [1.29, 1.82) is 0 Å². The van der Waals surface area contributed by atoms with Crippen LogP contribution in [-0.4, -0.2) is 42.6 Å². The van der Waals surface area contributed by atoms with Crippen LogP contribution in [0.1, 0.15) is 12.8 Å². The fraction of sp³-hybridized carbons (Fsp3) is 0.300. The van der Waals surface area contributed by atoms with E-state index < -0.39 is 5.82 Å². The molecule has 0 aliphatic carbocycles. The molecule has 0 saturated carbocycles. The number of hydrogen-bond acceptors (Lipinski definition) is 3. The van der Waals surface area contributed by atoms with Gasteiger partial charge in [0.15, 0.2) is 11.6 Å². The van der Waals surface area contributed by atoms with Crippen molar-refractivity contribution < 1.29 is 18.7 Å². The molecule has 0 unspecified atom stereocenters. The summed E-state index contributed by atoms with van der Waals surface area (Å²) >= 11 is 0. The van der Waals surface area contributed by atoms with E-state index >= 15 is 0 Å². The summed E-state index contributed by atoms with van der Waals surface area (Å²) in [5.74, 6) is -0.0696. The Kier molecular flexibility index (Phi) is 4.66. The highest BCUT2D eigenvalue weighted by Gasteiger charge is 2.33. The van der Waals surface area contributed by atoms with Gasteiger partial charge in [-0.3, -0.25) is 4.79 Å². The molecule has 3 amide bonds. The highest BCUT2D eigenvalue weighted by molar-refractivity contribution is 5.96. The number of halogens is 1. The highest BCUT2D eigenvalue weighted by Crippen LogP contribution is 2.24. The largest absolute Gasteiger partial charge is 0.484 e. The van der Waals surface area contributed by atoms with Gasteiger partial charge in [0.2, 0.25) is 5.91 Å². The minimum atomic E-state index is -0.406. The molecule has 7 heteroatoms. The molecule has 6 nitrogen and oxygen atoms in total. The molecule has 0 radical (unpaired) electrons. The Morgan fingerprint density at radius 2 is 1.85 bits per heavy atom. The molecule has 140 valence electrons. The molecule has 2 aromatic rings. The average molecular weight is 369 g/mol. The summed E-state index contributed by atoms with van der Waals surface area (Å²) in [7, 11) is 0. The second-order valence-electron chi connectivity index (χ2n) is 6.70. The number of carbonyl (C=O) groups is 2. The standard InChI is InChI=1S/C20H20FN3O3/c21-17-4-1-2-5-18(17)27-16-12-23(13-16)20(26)22-14-7-9-15(10-8-14)24-11-3-6-19(24)25/h1-2,4-5,7-10,16H,3,6,11-13H2,(H,22,26). The molecule has 2 aliphatic heterocycles. The Bertz CT molecular complexity index is 850. The predicted molar refractivity (Wildman–Crippen MR) is 99.4 cm³/mol. The van der Waals surface area contributed by atoms with Crippen LogP contribution in [0.2, 0.25) is 0 Å². The number of para-hydroxylation sites is 1. The first kappa shape index (κ1) is 17.3. The van der Waals surface area contributed by atoms with E-state index in [2.05, 4.69) is 5.32 Å². The van der Waals surface area contributed by atoms with Crippen LogP contribution in [0, 0.1) is 5.82 Å². The van der Waals surface area contributed by atoms with E-state index in [1.807, 2.05) is 12.1 Å². The van der Waals surface area contributed by atoms with Crippen molar-refractivity contribution >= 4 is 23.3 Å². The number of likely N-dealkylation sites (tertiary alicyclic amines) is 1. The molecular formula is C20H20FN3O3. The lowest BCUT2D eigenvalue weighted by molar-refractivity contribution is -0.117. The quantitative estimate of drug-likeness (QED) is 0.900. The van der Waals surface area contributed by atoms with E-state index in [-0.39, 0.29) is 23.8 Å². The number of benzene rings is 2. The van der Waals surface area contributed by atoms with Gasteiger partial charge in [-0.1, -0.05) is 12.1 Å². The van der Waals surface area contributed by atoms with Gasteiger partial charge >= 0.3 is 6.03 Å². The molecular weight excluding hydrogens is 349 g/mol. The Morgan fingerprint density at radius 1 is 1.11 bits per heavy atom. The zero-order valence-electron chi connectivity index (χ0n) is 14.7. The van der Waals surface area contributed by atoms with Crippen molar-refractivity contribution in [1.82, 2.24) is 4.90 Å². The third-order valence-electron chi connectivity index (χ3n) is 4.77. The first-order chi connectivity index (χ1) is 13.1. The number of carbonyl (C=O) groups excluding carboxylic acids is 2. The zero-order valence-corrected chi connectivity index (χ0v) is 14.7. The number of nitrogens with zero attached hydrogens (tertiary/aromatic N) is 2. The fourth-order valence-corrected chi connectivity index (χ4v) is 3.25. The SMILES string of the molecule is O=C(Nc1ccc(N2CCCC2=O)cc1)N1CC(Oc2ccccc2F)C1. The number of urea groups is 1. The van der Waals surface area contributed by atoms with Gasteiger partial charge in [-0.25, -0.2) is 9.18 Å². The van der Waals surface area contributed by atoms with Crippen molar-refractivity contribution in [3.63, 3.8) is 0 Å². The van der Waals surface area contributed by atoms with Crippen molar-refractivity contribution in [2.24, 2.45) is 0 Å². The number of anilines is 2. The molecule has 0 atom stereocenters. The van der Waals surface area contributed by atoms with Gasteiger partial charge in [0.1, 0.15) is 6.10 Å². The smallest absolute Gasteiger partial charge is 0.322 e. The van der Waals surface area contributed by atoms with Crippen LogP contribution in [0.3, 0.4) is 0 Å². The van der Waals surface area contributed by atoms with E-state index in [4.69, 9.17) is 4.74 Å². The van der Waals surface area contributed by atoms with Crippen LogP contribution < -0.4 is 15.0 Å². The average Bonchev–Trinajstić information content (AvgIpc) is 3.06. The van der Waals surface area contributed by atoms with Crippen molar-refractivity contribution in [3.05, 3.63) is 54.3 Å². The van der Waals surface area contributed by atoms with Gasteiger partial charge < -0.3 is 19.9 Å².